The van der Waals surface area contributed by atoms with E-state index in [0.29, 0.717) is 10.5 Å². The third kappa shape index (κ3) is 1.05. The minimum absolute atomic E-state index is 0.265. The molecule has 78 valence electrons. The summed E-state index contributed by atoms with van der Waals surface area (Å²) in [6.45, 7) is 0. The van der Waals surface area contributed by atoms with Crippen LogP contribution in [-0.2, 0) is 6.42 Å². The lowest BCUT2D eigenvalue weighted by atomic mass is 9.81. The molecule has 2 unspecified atom stereocenters. The first-order valence-corrected chi connectivity index (χ1v) is 6.48. The molecule has 1 aliphatic heterocycles. The van der Waals surface area contributed by atoms with Crippen LogP contribution in [0.15, 0.2) is 47.6 Å². The number of fused-ring (bicyclic) bond motifs is 3. The quantitative estimate of drug-likeness (QED) is 0.633. The smallest absolute Gasteiger partial charge is 0.190 e. The molecule has 0 N–H and O–H groups in total. The fraction of sp³-hybridized carbons (Fsp3) is 0.214. The maximum absolute atomic E-state index is 12.4. The highest BCUT2D eigenvalue weighted by molar-refractivity contribution is 8.08. The minimum Gasteiger partial charge on any atom is -0.289 e. The van der Waals surface area contributed by atoms with Crippen molar-refractivity contribution in [2.75, 3.05) is 0 Å². The fourth-order valence-corrected chi connectivity index (χ4v) is 3.70. The molecule has 1 fully saturated rings. The van der Waals surface area contributed by atoms with E-state index in [1.165, 1.54) is 11.1 Å². The van der Waals surface area contributed by atoms with Crippen LogP contribution < -0.4 is 0 Å². The standard InChI is InChI=1S/C14H10OS/c15-13-10-4-2-1-3-8(10)7-9-5-6-11-14(16-11)12(9)13/h1-6,11,14H,7H2. The zero-order valence-electron chi connectivity index (χ0n) is 8.64. The number of Topliss-reactive ketones (excluding diaryl/α,β-unsaturated/α-hetero) is 1. The van der Waals surface area contributed by atoms with Gasteiger partial charge in [0.1, 0.15) is 0 Å². The van der Waals surface area contributed by atoms with E-state index in [0.717, 1.165) is 17.6 Å². The van der Waals surface area contributed by atoms with Gasteiger partial charge in [-0.3, -0.25) is 4.79 Å². The van der Waals surface area contributed by atoms with Crippen molar-refractivity contribution in [1.29, 1.82) is 0 Å². The summed E-state index contributed by atoms with van der Waals surface area (Å²) < 4.78 is 0. The maximum Gasteiger partial charge on any atom is 0.190 e. The summed E-state index contributed by atoms with van der Waals surface area (Å²) in [6, 6.07) is 8.00. The van der Waals surface area contributed by atoms with Crippen LogP contribution in [0, 0.1) is 0 Å². The number of allylic oxidation sites excluding steroid dienone is 2. The third-order valence-electron chi connectivity index (χ3n) is 3.53. The molecule has 0 radical (unpaired) electrons. The molecule has 1 heterocycles. The molecule has 1 aromatic rings. The van der Waals surface area contributed by atoms with Gasteiger partial charge in [-0.1, -0.05) is 36.4 Å². The summed E-state index contributed by atoms with van der Waals surface area (Å²) in [5.74, 6) is 0.265. The Hall–Kier alpha value is -1.28. The van der Waals surface area contributed by atoms with Gasteiger partial charge >= 0.3 is 0 Å². The Morgan fingerprint density at radius 1 is 1.25 bits per heavy atom. The van der Waals surface area contributed by atoms with Crippen molar-refractivity contribution >= 4 is 17.5 Å². The maximum atomic E-state index is 12.4. The van der Waals surface area contributed by atoms with Crippen molar-refractivity contribution in [3.05, 3.63) is 58.7 Å². The van der Waals surface area contributed by atoms with Gasteiger partial charge < -0.3 is 0 Å². The molecular formula is C14H10OS. The monoisotopic (exact) mass is 226 g/mol. The summed E-state index contributed by atoms with van der Waals surface area (Å²) in [5.41, 5.74) is 4.42. The highest BCUT2D eigenvalue weighted by atomic mass is 32.2. The van der Waals surface area contributed by atoms with Crippen LogP contribution in [-0.4, -0.2) is 16.3 Å². The van der Waals surface area contributed by atoms with Crippen molar-refractivity contribution in [3.8, 4) is 0 Å². The van der Waals surface area contributed by atoms with Crippen molar-refractivity contribution in [3.63, 3.8) is 0 Å². The molecule has 0 saturated carbocycles. The Morgan fingerprint density at radius 2 is 2.12 bits per heavy atom. The van der Waals surface area contributed by atoms with E-state index >= 15 is 0 Å². The number of ketones is 1. The van der Waals surface area contributed by atoms with E-state index in [1.54, 1.807) is 0 Å². The lowest BCUT2D eigenvalue weighted by Gasteiger charge is -2.21. The van der Waals surface area contributed by atoms with Crippen LogP contribution in [0.5, 0.6) is 0 Å². The van der Waals surface area contributed by atoms with E-state index in [4.69, 9.17) is 0 Å². The molecule has 1 aromatic carbocycles. The predicted molar refractivity (Wildman–Crippen MR) is 65.8 cm³/mol. The Balaban J connectivity index is 1.91. The van der Waals surface area contributed by atoms with Crippen LogP contribution in [0.1, 0.15) is 15.9 Å². The molecule has 2 atom stereocenters. The summed E-state index contributed by atoms with van der Waals surface area (Å²) in [6.07, 6.45) is 5.33. The molecule has 0 bridgehead atoms. The number of hydrogen-bond donors (Lipinski definition) is 0. The van der Waals surface area contributed by atoms with E-state index in [9.17, 15) is 4.79 Å². The van der Waals surface area contributed by atoms with Crippen LogP contribution in [0.25, 0.3) is 0 Å². The Bertz CT molecular complexity index is 568. The van der Waals surface area contributed by atoms with Crippen molar-refractivity contribution < 1.29 is 4.79 Å². The third-order valence-corrected chi connectivity index (χ3v) is 4.78. The molecule has 3 aliphatic rings. The molecule has 1 saturated heterocycles. The largest absolute Gasteiger partial charge is 0.289 e. The lowest BCUT2D eigenvalue weighted by Crippen LogP contribution is -2.21. The van der Waals surface area contributed by atoms with Crippen LogP contribution in [0.4, 0.5) is 0 Å². The first kappa shape index (κ1) is 8.82. The van der Waals surface area contributed by atoms with Gasteiger partial charge in [-0.25, -0.2) is 0 Å². The molecular weight excluding hydrogens is 216 g/mol. The first-order chi connectivity index (χ1) is 7.84. The number of thioether (sulfide) groups is 1. The predicted octanol–water partition coefficient (Wildman–Crippen LogP) is 2.78. The SMILES string of the molecule is O=C1C2=C(C=CC3SC23)Cc2ccccc21. The average molecular weight is 226 g/mol. The number of carbonyl (C=O) groups is 1. The van der Waals surface area contributed by atoms with E-state index in [1.807, 2.05) is 30.0 Å². The van der Waals surface area contributed by atoms with Gasteiger partial charge in [0.25, 0.3) is 0 Å². The van der Waals surface area contributed by atoms with Crippen LogP contribution in [0.2, 0.25) is 0 Å². The summed E-state index contributed by atoms with van der Waals surface area (Å²) in [7, 11) is 0. The fourth-order valence-electron chi connectivity index (χ4n) is 2.66. The van der Waals surface area contributed by atoms with Gasteiger partial charge in [-0.15, -0.1) is 11.8 Å². The Morgan fingerprint density at radius 3 is 3.06 bits per heavy atom. The molecule has 16 heavy (non-hydrogen) atoms. The van der Waals surface area contributed by atoms with Crippen molar-refractivity contribution in [1.82, 2.24) is 0 Å². The number of rotatable bonds is 0. The normalized spacial score (nSPS) is 29.6. The lowest BCUT2D eigenvalue weighted by molar-refractivity contribution is 0.102. The second kappa shape index (κ2) is 2.89. The Kier molecular flexibility index (Phi) is 1.59. The highest BCUT2D eigenvalue weighted by Crippen LogP contribution is 2.52. The van der Waals surface area contributed by atoms with E-state index in [2.05, 4.69) is 18.2 Å². The van der Waals surface area contributed by atoms with Crippen LogP contribution in [0.3, 0.4) is 0 Å². The first-order valence-electron chi connectivity index (χ1n) is 5.54. The zero-order chi connectivity index (χ0) is 10.7. The molecule has 1 nitrogen and oxygen atoms in total. The van der Waals surface area contributed by atoms with Gasteiger partial charge in [0.05, 0.1) is 0 Å². The number of benzene rings is 1. The minimum atomic E-state index is 0.265. The number of carbonyl (C=O) groups excluding carboxylic acids is 1. The zero-order valence-corrected chi connectivity index (χ0v) is 9.46. The molecule has 2 heteroatoms. The molecule has 0 spiro atoms. The van der Waals surface area contributed by atoms with Crippen molar-refractivity contribution in [2.24, 2.45) is 0 Å². The van der Waals surface area contributed by atoms with Gasteiger partial charge in [0, 0.05) is 21.6 Å². The second-order valence-electron chi connectivity index (χ2n) is 4.48. The summed E-state index contributed by atoms with van der Waals surface area (Å²) in [5, 5.41) is 1.04. The molecule has 4 rings (SSSR count). The van der Waals surface area contributed by atoms with Gasteiger partial charge in [0.2, 0.25) is 0 Å². The second-order valence-corrected chi connectivity index (χ2v) is 5.81. The highest BCUT2D eigenvalue weighted by Gasteiger charge is 2.46. The molecule has 2 aliphatic carbocycles. The van der Waals surface area contributed by atoms with Crippen molar-refractivity contribution in [2.45, 2.75) is 16.9 Å². The van der Waals surface area contributed by atoms with Gasteiger partial charge in [-0.2, -0.15) is 0 Å². The summed E-state index contributed by atoms with van der Waals surface area (Å²) in [4.78, 5) is 12.4. The number of hydrogen-bond acceptors (Lipinski definition) is 2. The van der Waals surface area contributed by atoms with E-state index < -0.39 is 0 Å². The van der Waals surface area contributed by atoms with Gasteiger partial charge in [0.15, 0.2) is 5.78 Å². The van der Waals surface area contributed by atoms with Crippen LogP contribution >= 0.6 is 11.8 Å². The van der Waals surface area contributed by atoms with E-state index in [-0.39, 0.29) is 5.78 Å². The topological polar surface area (TPSA) is 17.1 Å². The molecule has 0 amide bonds. The average Bonchev–Trinajstić information content (AvgIpc) is 3.08. The molecule has 0 aromatic heterocycles. The van der Waals surface area contributed by atoms with Gasteiger partial charge in [-0.05, 0) is 17.6 Å². The summed E-state index contributed by atoms with van der Waals surface area (Å²) >= 11 is 1.90. The Labute approximate surface area is 98.2 Å².